The van der Waals surface area contributed by atoms with E-state index in [1.807, 2.05) is 25.1 Å². The summed E-state index contributed by atoms with van der Waals surface area (Å²) in [5, 5.41) is 2.94. The van der Waals surface area contributed by atoms with Crippen molar-refractivity contribution >= 4 is 11.8 Å². The van der Waals surface area contributed by atoms with Crippen LogP contribution in [0.1, 0.15) is 31.4 Å². The number of nitrogens with two attached hydrogens (primary N) is 1. The summed E-state index contributed by atoms with van der Waals surface area (Å²) in [7, 11) is 3.45. The summed E-state index contributed by atoms with van der Waals surface area (Å²) < 4.78 is 11.9. The predicted octanol–water partition coefficient (Wildman–Crippen LogP) is 3.09. The number of anilines is 2. The van der Waals surface area contributed by atoms with E-state index in [2.05, 4.69) is 20.2 Å². The third-order valence-corrected chi connectivity index (χ3v) is 5.63. The van der Waals surface area contributed by atoms with Gasteiger partial charge in [-0.2, -0.15) is 4.98 Å². The molecular weight excluding hydrogens is 354 g/mol. The van der Waals surface area contributed by atoms with Crippen molar-refractivity contribution in [2.24, 2.45) is 0 Å². The third-order valence-electron chi connectivity index (χ3n) is 5.63. The van der Waals surface area contributed by atoms with E-state index in [0.29, 0.717) is 11.8 Å². The van der Waals surface area contributed by atoms with Crippen LogP contribution >= 0.6 is 0 Å². The highest BCUT2D eigenvalue weighted by atomic mass is 16.5. The van der Waals surface area contributed by atoms with Crippen molar-refractivity contribution in [2.75, 3.05) is 38.3 Å². The molecule has 3 N–H and O–H groups in total. The van der Waals surface area contributed by atoms with Crippen LogP contribution in [0, 0.1) is 6.92 Å². The number of aryl methyl sites for hydroxylation is 1. The summed E-state index contributed by atoms with van der Waals surface area (Å²) in [6.07, 6.45) is 5.02. The van der Waals surface area contributed by atoms with E-state index in [0.717, 1.165) is 60.3 Å². The number of nitrogens with one attached hydrogen (secondary N) is 1. The zero-order valence-electron chi connectivity index (χ0n) is 16.9. The maximum Gasteiger partial charge on any atom is 0.224 e. The summed E-state index contributed by atoms with van der Waals surface area (Å²) >= 11 is 0. The van der Waals surface area contributed by atoms with Crippen molar-refractivity contribution < 1.29 is 9.47 Å². The summed E-state index contributed by atoms with van der Waals surface area (Å²) in [4.78, 5) is 11.4. The quantitative estimate of drug-likeness (QED) is 0.793. The van der Waals surface area contributed by atoms with Crippen LogP contribution < -0.4 is 20.5 Å². The maximum atomic E-state index is 6.37. The predicted molar refractivity (Wildman–Crippen MR) is 111 cm³/mol. The number of likely N-dealkylation sites (tertiary alicyclic amines) is 1. The van der Waals surface area contributed by atoms with E-state index in [-0.39, 0.29) is 6.10 Å². The fourth-order valence-corrected chi connectivity index (χ4v) is 3.97. The fourth-order valence-electron chi connectivity index (χ4n) is 3.97. The number of nitrogen functional groups attached to an aromatic ring is 1. The van der Waals surface area contributed by atoms with Crippen LogP contribution in [0.4, 0.5) is 11.8 Å². The Bertz CT molecular complexity index is 822. The minimum absolute atomic E-state index is 0.209. The SMILES string of the molecule is CNc1nc(C)c(-c2ccc(OC)c(OC3CCN(C4CC4)CC3)c2)c(N)n1. The molecule has 0 amide bonds. The molecule has 0 atom stereocenters. The molecule has 7 nitrogen and oxygen atoms in total. The number of benzene rings is 1. The minimum Gasteiger partial charge on any atom is -0.493 e. The molecule has 28 heavy (non-hydrogen) atoms. The highest BCUT2D eigenvalue weighted by Crippen LogP contribution is 2.37. The normalized spacial score (nSPS) is 18.1. The number of nitrogens with zero attached hydrogens (tertiary/aromatic N) is 3. The Morgan fingerprint density at radius 2 is 1.86 bits per heavy atom. The van der Waals surface area contributed by atoms with Gasteiger partial charge in [0.15, 0.2) is 11.5 Å². The molecule has 7 heteroatoms. The molecule has 0 radical (unpaired) electrons. The molecular formula is C21H29N5O2. The first kappa shape index (κ1) is 18.8. The average Bonchev–Trinajstić information content (AvgIpc) is 3.53. The third kappa shape index (κ3) is 3.85. The van der Waals surface area contributed by atoms with Crippen LogP contribution in [0.2, 0.25) is 0 Å². The van der Waals surface area contributed by atoms with Crippen LogP contribution in [-0.2, 0) is 0 Å². The van der Waals surface area contributed by atoms with E-state index in [9.17, 15) is 0 Å². The fraction of sp³-hybridized carbons (Fsp3) is 0.524. The number of rotatable bonds is 6. The van der Waals surface area contributed by atoms with E-state index >= 15 is 0 Å². The molecule has 2 aromatic rings. The summed E-state index contributed by atoms with van der Waals surface area (Å²) in [5.41, 5.74) is 8.80. The Kier molecular flexibility index (Phi) is 5.26. The molecule has 0 bridgehead atoms. The van der Waals surface area contributed by atoms with Crippen LogP contribution in [0.3, 0.4) is 0 Å². The molecule has 0 spiro atoms. The molecule has 4 rings (SSSR count). The molecule has 1 aliphatic heterocycles. The number of piperidine rings is 1. The van der Waals surface area contributed by atoms with Crippen molar-refractivity contribution in [3.63, 3.8) is 0 Å². The second kappa shape index (κ2) is 7.83. The van der Waals surface area contributed by atoms with Gasteiger partial charge in [-0.3, -0.25) is 0 Å². The lowest BCUT2D eigenvalue weighted by molar-refractivity contribution is 0.0941. The smallest absolute Gasteiger partial charge is 0.224 e. The number of ether oxygens (including phenoxy) is 2. The van der Waals surface area contributed by atoms with E-state index in [1.165, 1.54) is 12.8 Å². The summed E-state index contributed by atoms with van der Waals surface area (Å²) in [5.74, 6) is 2.45. The molecule has 0 unspecified atom stereocenters. The lowest BCUT2D eigenvalue weighted by Crippen LogP contribution is -2.39. The van der Waals surface area contributed by atoms with E-state index in [1.54, 1.807) is 14.2 Å². The lowest BCUT2D eigenvalue weighted by Gasteiger charge is -2.32. The van der Waals surface area contributed by atoms with Gasteiger partial charge in [-0.05, 0) is 50.3 Å². The Labute approximate surface area is 166 Å². The van der Waals surface area contributed by atoms with Crippen LogP contribution in [0.25, 0.3) is 11.1 Å². The first-order chi connectivity index (χ1) is 13.6. The minimum atomic E-state index is 0.209. The van der Waals surface area contributed by atoms with Gasteiger partial charge in [0.1, 0.15) is 11.9 Å². The maximum absolute atomic E-state index is 6.37. The molecule has 2 aliphatic rings. The van der Waals surface area contributed by atoms with Crippen molar-refractivity contribution in [3.8, 4) is 22.6 Å². The van der Waals surface area contributed by atoms with Crippen molar-refractivity contribution in [1.29, 1.82) is 0 Å². The van der Waals surface area contributed by atoms with Gasteiger partial charge in [0, 0.05) is 31.7 Å². The Balaban J connectivity index is 1.56. The van der Waals surface area contributed by atoms with Crippen LogP contribution in [0.5, 0.6) is 11.5 Å². The summed E-state index contributed by atoms with van der Waals surface area (Å²) in [6, 6.07) is 6.72. The molecule has 1 aliphatic carbocycles. The molecule has 1 saturated carbocycles. The molecule has 150 valence electrons. The lowest BCUT2D eigenvalue weighted by atomic mass is 10.0. The van der Waals surface area contributed by atoms with Gasteiger partial charge < -0.3 is 25.4 Å². The van der Waals surface area contributed by atoms with Gasteiger partial charge in [0.05, 0.1) is 12.8 Å². The van der Waals surface area contributed by atoms with Gasteiger partial charge in [0.25, 0.3) is 0 Å². The van der Waals surface area contributed by atoms with Crippen molar-refractivity contribution in [1.82, 2.24) is 14.9 Å². The van der Waals surface area contributed by atoms with Crippen molar-refractivity contribution in [2.45, 2.75) is 44.8 Å². The first-order valence-electron chi connectivity index (χ1n) is 10.00. The van der Waals surface area contributed by atoms with Gasteiger partial charge >= 0.3 is 0 Å². The monoisotopic (exact) mass is 383 g/mol. The van der Waals surface area contributed by atoms with Crippen molar-refractivity contribution in [3.05, 3.63) is 23.9 Å². The van der Waals surface area contributed by atoms with Gasteiger partial charge in [-0.25, -0.2) is 4.98 Å². The van der Waals surface area contributed by atoms with Gasteiger partial charge in [-0.1, -0.05) is 6.07 Å². The summed E-state index contributed by atoms with van der Waals surface area (Å²) in [6.45, 7) is 4.16. The Hall–Kier alpha value is -2.54. The largest absolute Gasteiger partial charge is 0.493 e. The van der Waals surface area contributed by atoms with Gasteiger partial charge in [-0.15, -0.1) is 0 Å². The molecule has 1 saturated heterocycles. The van der Waals surface area contributed by atoms with E-state index < -0.39 is 0 Å². The van der Waals surface area contributed by atoms with Crippen LogP contribution in [0.15, 0.2) is 18.2 Å². The highest BCUT2D eigenvalue weighted by Gasteiger charge is 2.32. The number of aromatic nitrogens is 2. The first-order valence-corrected chi connectivity index (χ1v) is 10.00. The number of hydrogen-bond donors (Lipinski definition) is 2. The molecule has 2 heterocycles. The topological polar surface area (TPSA) is 85.5 Å². The second-order valence-electron chi connectivity index (χ2n) is 7.59. The number of methoxy groups -OCH3 is 1. The van der Waals surface area contributed by atoms with E-state index in [4.69, 9.17) is 15.2 Å². The zero-order chi connectivity index (χ0) is 19.7. The Morgan fingerprint density at radius 1 is 1.11 bits per heavy atom. The highest BCUT2D eigenvalue weighted by molar-refractivity contribution is 5.78. The zero-order valence-corrected chi connectivity index (χ0v) is 16.9. The molecule has 1 aromatic heterocycles. The average molecular weight is 383 g/mol. The Morgan fingerprint density at radius 3 is 2.46 bits per heavy atom. The number of hydrogen-bond acceptors (Lipinski definition) is 7. The van der Waals surface area contributed by atoms with Gasteiger partial charge in [0.2, 0.25) is 5.95 Å². The second-order valence-corrected chi connectivity index (χ2v) is 7.59. The standard InChI is InChI=1S/C21H29N5O2/c1-13-19(20(22)25-21(23-2)24-13)14-4-7-17(27-3)18(12-14)28-16-8-10-26(11-9-16)15-5-6-15/h4,7,12,15-16H,5-6,8-11H2,1-3H3,(H3,22,23,24,25). The molecule has 1 aromatic carbocycles. The molecule has 2 fully saturated rings. The van der Waals surface area contributed by atoms with Crippen LogP contribution in [-0.4, -0.2) is 54.3 Å².